The average molecular weight is 206 g/mol. The Morgan fingerprint density at radius 1 is 1.70 bits per heavy atom. The van der Waals surface area contributed by atoms with Crippen LogP contribution in [0.3, 0.4) is 0 Å². The van der Waals surface area contributed by atoms with E-state index in [1.165, 1.54) is 6.08 Å². The van der Waals surface area contributed by atoms with Crippen LogP contribution >= 0.6 is 15.9 Å². The Balaban J connectivity index is 0. The maximum absolute atomic E-state index is 9.80. The minimum Gasteiger partial charge on any atom is -0.478 e. The standard InChI is InChI=1S/C6H5BrO2.H3N/c7-5-3-1-2-4-6(8)9;/h2,4H,5H2,(H,8,9);1H3/b4-2+;. The molecular formula is C6H8BrNO2. The highest BCUT2D eigenvalue weighted by atomic mass is 79.9. The van der Waals surface area contributed by atoms with E-state index in [1.807, 2.05) is 0 Å². The number of rotatable bonds is 1. The predicted molar refractivity (Wildman–Crippen MR) is 43.4 cm³/mol. The average Bonchev–Trinajstić information content (AvgIpc) is 1.80. The zero-order valence-corrected chi connectivity index (χ0v) is 6.89. The largest absolute Gasteiger partial charge is 0.478 e. The van der Waals surface area contributed by atoms with Crippen molar-refractivity contribution in [3.8, 4) is 11.8 Å². The zero-order chi connectivity index (χ0) is 7.11. The molecule has 4 N–H and O–H groups in total. The Labute approximate surface area is 67.8 Å². The van der Waals surface area contributed by atoms with Crippen LogP contribution < -0.4 is 6.15 Å². The molecule has 3 nitrogen and oxygen atoms in total. The van der Waals surface area contributed by atoms with Crippen LogP contribution in [0.15, 0.2) is 12.2 Å². The van der Waals surface area contributed by atoms with Gasteiger partial charge >= 0.3 is 5.97 Å². The lowest BCUT2D eigenvalue weighted by Gasteiger charge is -1.70. The van der Waals surface area contributed by atoms with Crippen molar-refractivity contribution in [3.05, 3.63) is 12.2 Å². The fraction of sp³-hybridized carbons (Fsp3) is 0.167. The molecule has 0 saturated heterocycles. The molecule has 0 atom stereocenters. The monoisotopic (exact) mass is 205 g/mol. The Bertz CT molecular complexity index is 178. The normalized spacial score (nSPS) is 7.70. The molecule has 4 heteroatoms. The molecule has 0 amide bonds. The second-order valence-electron chi connectivity index (χ2n) is 1.13. The van der Waals surface area contributed by atoms with Gasteiger partial charge in [0.1, 0.15) is 0 Å². The number of carbonyl (C=O) groups is 1. The molecule has 0 aromatic heterocycles. The van der Waals surface area contributed by atoms with Gasteiger partial charge in [0.05, 0.1) is 5.33 Å². The molecule has 0 radical (unpaired) electrons. The summed E-state index contributed by atoms with van der Waals surface area (Å²) in [6.45, 7) is 0. The maximum Gasteiger partial charge on any atom is 0.328 e. The number of carboxylic acids is 1. The van der Waals surface area contributed by atoms with E-state index >= 15 is 0 Å². The summed E-state index contributed by atoms with van der Waals surface area (Å²) in [5, 5.41) is 8.61. The smallest absolute Gasteiger partial charge is 0.328 e. The molecule has 0 rings (SSSR count). The quantitative estimate of drug-likeness (QED) is 0.384. The minimum atomic E-state index is -0.973. The lowest BCUT2D eigenvalue weighted by Crippen LogP contribution is -1.84. The minimum absolute atomic E-state index is 0. The molecule has 0 aromatic carbocycles. The third-order valence-electron chi connectivity index (χ3n) is 0.478. The molecule has 0 unspecified atom stereocenters. The summed E-state index contributed by atoms with van der Waals surface area (Å²) in [7, 11) is 0. The summed E-state index contributed by atoms with van der Waals surface area (Å²) in [5.41, 5.74) is 0. The second kappa shape index (κ2) is 8.21. The van der Waals surface area contributed by atoms with Crippen LogP contribution in [-0.4, -0.2) is 16.4 Å². The van der Waals surface area contributed by atoms with Crippen LogP contribution in [0, 0.1) is 11.8 Å². The number of aliphatic carboxylic acids is 1. The first kappa shape index (κ1) is 11.9. The van der Waals surface area contributed by atoms with Crippen LogP contribution in [0.2, 0.25) is 0 Å². The van der Waals surface area contributed by atoms with E-state index in [9.17, 15) is 4.79 Å². The number of hydrogen-bond acceptors (Lipinski definition) is 2. The molecule has 0 heterocycles. The first-order chi connectivity index (χ1) is 4.27. The fourth-order valence-corrected chi connectivity index (χ4v) is 0.372. The lowest BCUT2D eigenvalue weighted by atomic mass is 10.5. The first-order valence-electron chi connectivity index (χ1n) is 2.21. The first-order valence-corrected chi connectivity index (χ1v) is 3.33. The number of allylic oxidation sites excluding steroid dienone is 1. The Hall–Kier alpha value is -0.790. The highest BCUT2D eigenvalue weighted by molar-refractivity contribution is 9.09. The topological polar surface area (TPSA) is 72.3 Å². The van der Waals surface area contributed by atoms with Crippen LogP contribution in [0.1, 0.15) is 0 Å². The van der Waals surface area contributed by atoms with Gasteiger partial charge in [-0.1, -0.05) is 27.8 Å². The van der Waals surface area contributed by atoms with Gasteiger partial charge in [0.2, 0.25) is 0 Å². The van der Waals surface area contributed by atoms with E-state index in [-0.39, 0.29) is 6.15 Å². The molecule has 0 spiro atoms. The number of hydrogen-bond donors (Lipinski definition) is 2. The number of halogens is 1. The van der Waals surface area contributed by atoms with Gasteiger partial charge in [-0.2, -0.15) is 0 Å². The van der Waals surface area contributed by atoms with Crippen LogP contribution in [0.5, 0.6) is 0 Å². The molecule has 0 bridgehead atoms. The fourth-order valence-electron chi connectivity index (χ4n) is 0.210. The summed E-state index contributed by atoms with van der Waals surface area (Å²) >= 11 is 3.06. The van der Waals surface area contributed by atoms with E-state index in [0.717, 1.165) is 6.08 Å². The Morgan fingerprint density at radius 3 is 2.70 bits per heavy atom. The Kier molecular flexibility index (Phi) is 9.80. The van der Waals surface area contributed by atoms with E-state index in [4.69, 9.17) is 5.11 Å². The summed E-state index contributed by atoms with van der Waals surface area (Å²) in [6, 6.07) is 0. The zero-order valence-electron chi connectivity index (χ0n) is 5.30. The van der Waals surface area contributed by atoms with Crippen molar-refractivity contribution >= 4 is 21.9 Å². The van der Waals surface area contributed by atoms with Crippen LogP contribution in [0.25, 0.3) is 0 Å². The van der Waals surface area contributed by atoms with Gasteiger partial charge in [0.15, 0.2) is 0 Å². The summed E-state index contributed by atoms with van der Waals surface area (Å²) in [6.07, 6.45) is 2.29. The molecular weight excluding hydrogens is 198 g/mol. The van der Waals surface area contributed by atoms with Gasteiger partial charge in [-0.05, 0) is 6.08 Å². The van der Waals surface area contributed by atoms with Crippen molar-refractivity contribution in [2.75, 3.05) is 5.33 Å². The van der Waals surface area contributed by atoms with Gasteiger partial charge in [-0.3, -0.25) is 0 Å². The number of carboxylic acid groups (broad SMARTS) is 1. The predicted octanol–water partition coefficient (Wildman–Crippen LogP) is 1.19. The molecule has 0 aliphatic heterocycles. The van der Waals surface area contributed by atoms with Crippen molar-refractivity contribution in [1.29, 1.82) is 0 Å². The van der Waals surface area contributed by atoms with E-state index < -0.39 is 5.97 Å². The van der Waals surface area contributed by atoms with Crippen molar-refractivity contribution in [2.24, 2.45) is 0 Å². The van der Waals surface area contributed by atoms with E-state index in [0.29, 0.717) is 5.33 Å². The van der Waals surface area contributed by atoms with Gasteiger partial charge in [0, 0.05) is 6.08 Å². The SMILES string of the molecule is N.O=C(O)/C=C/C#CCBr. The molecule has 10 heavy (non-hydrogen) atoms. The molecule has 56 valence electrons. The van der Waals surface area contributed by atoms with Crippen LogP contribution in [-0.2, 0) is 4.79 Å². The highest BCUT2D eigenvalue weighted by Gasteiger charge is 1.78. The molecule has 0 aliphatic carbocycles. The Morgan fingerprint density at radius 2 is 2.30 bits per heavy atom. The van der Waals surface area contributed by atoms with Crippen molar-refractivity contribution in [2.45, 2.75) is 0 Å². The third-order valence-corrected chi connectivity index (χ3v) is 0.758. The molecule has 0 aromatic rings. The van der Waals surface area contributed by atoms with Gasteiger partial charge in [0.25, 0.3) is 0 Å². The van der Waals surface area contributed by atoms with Gasteiger partial charge in [-0.25, -0.2) is 4.79 Å². The summed E-state index contributed by atoms with van der Waals surface area (Å²) in [5.74, 6) is 4.15. The highest BCUT2D eigenvalue weighted by Crippen LogP contribution is 1.74. The van der Waals surface area contributed by atoms with Crippen molar-refractivity contribution < 1.29 is 9.90 Å². The third kappa shape index (κ3) is 10.2. The van der Waals surface area contributed by atoms with Crippen LogP contribution in [0.4, 0.5) is 0 Å². The van der Waals surface area contributed by atoms with Crippen molar-refractivity contribution in [3.63, 3.8) is 0 Å². The molecule has 0 saturated carbocycles. The van der Waals surface area contributed by atoms with Gasteiger partial charge < -0.3 is 11.3 Å². The number of alkyl halides is 1. The summed E-state index contributed by atoms with van der Waals surface area (Å²) in [4.78, 5) is 9.80. The van der Waals surface area contributed by atoms with Gasteiger partial charge in [-0.15, -0.1) is 0 Å². The summed E-state index contributed by atoms with van der Waals surface area (Å²) < 4.78 is 0. The molecule has 0 fully saturated rings. The second-order valence-corrected chi connectivity index (χ2v) is 1.69. The lowest BCUT2D eigenvalue weighted by molar-refractivity contribution is -0.131. The molecule has 0 aliphatic rings. The maximum atomic E-state index is 9.80. The van der Waals surface area contributed by atoms with E-state index in [2.05, 4.69) is 27.8 Å². The van der Waals surface area contributed by atoms with Crippen molar-refractivity contribution in [1.82, 2.24) is 6.15 Å². The van der Waals surface area contributed by atoms with E-state index in [1.54, 1.807) is 0 Å².